The maximum atomic E-state index is 7.82. The molecule has 11 aromatic carbocycles. The van der Waals surface area contributed by atoms with Crippen LogP contribution in [-0.4, -0.2) is 0 Å². The van der Waals surface area contributed by atoms with Crippen molar-refractivity contribution in [2.24, 2.45) is 5.92 Å². The molecule has 1 aromatic heterocycles. The molecule has 3 heterocycles. The molecular weight excluding hydrogens is 1060 g/mol. The van der Waals surface area contributed by atoms with Crippen molar-refractivity contribution in [1.29, 1.82) is 0 Å². The van der Waals surface area contributed by atoms with Gasteiger partial charge in [-0.05, 0) is 136 Å². The Morgan fingerprint density at radius 2 is 0.988 bits per heavy atom. The number of anilines is 5. The van der Waals surface area contributed by atoms with Gasteiger partial charge in [-0.2, -0.15) is 0 Å². The molecule has 0 saturated heterocycles. The summed E-state index contributed by atoms with van der Waals surface area (Å²) in [5.41, 5.74) is 23.8. The lowest BCUT2D eigenvalue weighted by Crippen LogP contribution is -2.56. The molecule has 0 N–H and O–H groups in total. The normalized spacial score (nSPS) is 20.6. The van der Waals surface area contributed by atoms with Gasteiger partial charge >= 0.3 is 0 Å². The molecule has 4 atom stereocenters. The molecule has 4 unspecified atom stereocenters. The highest BCUT2D eigenvalue weighted by Gasteiger charge is 2.62. The van der Waals surface area contributed by atoms with Gasteiger partial charge in [0.2, 0.25) is 0 Å². The summed E-state index contributed by atoms with van der Waals surface area (Å²) in [4.78, 5) is 6.68. The van der Waals surface area contributed by atoms with Crippen molar-refractivity contribution >= 4 is 49.9 Å². The first kappa shape index (κ1) is 49.7. The molecule has 3 nitrogen and oxygen atoms in total. The Kier molecular flexibility index (Phi) is 10.3. The fraction of sp³-hybridized carbons (Fsp3) is 0.122. The molecule has 0 saturated carbocycles. The summed E-state index contributed by atoms with van der Waals surface area (Å²) in [6.45, 7) is 10.1. The van der Waals surface area contributed by atoms with Crippen molar-refractivity contribution in [3.63, 3.8) is 0 Å². The predicted molar refractivity (Wildman–Crippen MR) is 355 cm³/mol. The fourth-order valence-corrected chi connectivity index (χ4v) is 19.1. The molecule has 1 spiro atoms. The van der Waals surface area contributed by atoms with E-state index in [-0.39, 0.29) is 11.8 Å². The Balaban J connectivity index is 0.972. The molecule has 12 aromatic rings. The number of hydrogen-bond donors (Lipinski definition) is 0. The van der Waals surface area contributed by atoms with Crippen molar-refractivity contribution in [3.05, 3.63) is 351 Å². The first-order valence-corrected chi connectivity index (χ1v) is 31.3. The second-order valence-corrected chi connectivity index (χ2v) is 25.9. The maximum Gasteiger partial charge on any atom is 0.138 e. The smallest absolute Gasteiger partial charge is 0.138 e. The van der Waals surface area contributed by atoms with Gasteiger partial charge < -0.3 is 14.5 Å². The molecule has 0 fully saturated rings. The van der Waals surface area contributed by atoms with Crippen molar-refractivity contribution in [3.8, 4) is 33.8 Å². The van der Waals surface area contributed by atoms with Crippen LogP contribution in [0.15, 0.2) is 290 Å². The maximum absolute atomic E-state index is 7.82. The lowest BCUT2D eigenvalue weighted by atomic mass is 9.53. The molecule has 4 heteroatoms. The summed E-state index contributed by atoms with van der Waals surface area (Å²) in [6.07, 6.45) is 5.10. The zero-order valence-corrected chi connectivity index (χ0v) is 49.2. The number of thiophene rings is 1. The highest BCUT2D eigenvalue weighted by molar-refractivity contribution is 7.20. The molecule has 86 heavy (non-hydrogen) atoms. The van der Waals surface area contributed by atoms with Crippen molar-refractivity contribution in [2.75, 3.05) is 9.80 Å². The quantitative estimate of drug-likeness (QED) is 0.154. The minimum atomic E-state index is -0.728. The van der Waals surface area contributed by atoms with E-state index in [0.717, 1.165) is 34.2 Å². The zero-order chi connectivity index (χ0) is 57.3. The van der Waals surface area contributed by atoms with Gasteiger partial charge in [0.1, 0.15) is 11.5 Å². The Morgan fingerprint density at radius 1 is 0.465 bits per heavy atom. The van der Waals surface area contributed by atoms with E-state index in [9.17, 15) is 0 Å². The second kappa shape index (κ2) is 17.9. The van der Waals surface area contributed by atoms with Gasteiger partial charge in [-0.25, -0.2) is 0 Å². The van der Waals surface area contributed by atoms with Gasteiger partial charge in [0.05, 0.1) is 32.4 Å². The number of hydrogen-bond acceptors (Lipinski definition) is 4. The van der Waals surface area contributed by atoms with Crippen LogP contribution in [0.4, 0.5) is 28.4 Å². The fourth-order valence-electron chi connectivity index (χ4n) is 17.7. The highest BCUT2D eigenvalue weighted by Crippen LogP contribution is 2.72. The number of nitrogens with zero attached hydrogens (tertiary/aromatic N) is 2. The van der Waals surface area contributed by atoms with Gasteiger partial charge in [-0.15, -0.1) is 11.3 Å². The Bertz CT molecular complexity index is 4770. The number of ether oxygens (including phenoxy) is 1. The minimum Gasteiger partial charge on any atom is -0.456 e. The van der Waals surface area contributed by atoms with E-state index >= 15 is 0 Å². The van der Waals surface area contributed by atoms with E-state index in [1.54, 1.807) is 0 Å². The molecular formula is C82H60N2OS. The number of para-hydroxylation sites is 3. The molecule has 4 aliphatic carbocycles. The molecule has 6 aliphatic rings. The molecule has 0 radical (unpaired) electrons. The standard InChI is InChI=1S/C82H60N2OS/c1-51-48-49-79(3)74-69(47-46-68-75(74)85-71-45-23-22-43-67(71)82(68)65-41-20-16-36-60(65)61-37-17-21-42-66(61)82)84(57-33-24-28-54(50-57)81(53-26-8-5-9-27-53)63-39-18-14-34-58(63)59-35-15-19-40-64(59)81)80(4)73-62-38-25-44-70(77(62)86-76(73)52(2)72(51)78(79)80)83(55-29-10-6-11-30-55)56-31-12-7-13-32-56/h5-52H,1-4H3. The second-order valence-electron chi connectivity index (χ2n) is 24.8. The number of allylic oxidation sites excluding steroid dienone is 3. The van der Waals surface area contributed by atoms with Crippen LogP contribution in [0.25, 0.3) is 32.3 Å². The van der Waals surface area contributed by atoms with Crippen LogP contribution >= 0.6 is 11.3 Å². The summed E-state index contributed by atoms with van der Waals surface area (Å²) >= 11 is 2.00. The molecule has 0 amide bonds. The van der Waals surface area contributed by atoms with E-state index in [4.69, 9.17) is 4.74 Å². The Hall–Kier alpha value is -9.74. The summed E-state index contributed by atoms with van der Waals surface area (Å²) < 4.78 is 9.11. The van der Waals surface area contributed by atoms with Gasteiger partial charge in [0.25, 0.3) is 0 Å². The topological polar surface area (TPSA) is 15.7 Å². The summed E-state index contributed by atoms with van der Waals surface area (Å²) in [5, 5.41) is 1.29. The monoisotopic (exact) mass is 1120 g/mol. The molecule has 18 rings (SSSR count). The van der Waals surface area contributed by atoms with E-state index in [0.29, 0.717) is 0 Å². The van der Waals surface area contributed by atoms with Crippen LogP contribution in [-0.2, 0) is 21.8 Å². The third kappa shape index (κ3) is 6.16. The highest BCUT2D eigenvalue weighted by atomic mass is 32.1. The van der Waals surface area contributed by atoms with Gasteiger partial charge in [-0.1, -0.05) is 244 Å². The average Bonchev–Trinajstić information content (AvgIpc) is 1.06. The van der Waals surface area contributed by atoms with E-state index in [2.05, 4.69) is 317 Å². The van der Waals surface area contributed by atoms with Crippen LogP contribution in [0, 0.1) is 5.92 Å². The van der Waals surface area contributed by atoms with Gasteiger partial charge in [0, 0.05) is 60.9 Å². The van der Waals surface area contributed by atoms with Crippen molar-refractivity contribution in [2.45, 2.75) is 55.4 Å². The van der Waals surface area contributed by atoms with Crippen molar-refractivity contribution < 1.29 is 4.74 Å². The van der Waals surface area contributed by atoms with E-state index in [1.807, 2.05) is 11.3 Å². The SMILES string of the molecule is CC1C=CC2(C)C3=C1C(C)c1sc4c(N(c5ccccc5)c5ccccc5)cccc4c1C3(C)N(c1cccc(C3(c4ccccc4)c4ccccc4-c4ccccc43)c1)c1ccc3c(c12)Oc1ccccc1C31c2ccccc2-c2ccccc21. The predicted octanol–water partition coefficient (Wildman–Crippen LogP) is 21.1. The number of benzene rings is 11. The lowest BCUT2D eigenvalue weighted by molar-refractivity contribution is 0.386. The molecule has 0 bridgehead atoms. The minimum absolute atomic E-state index is 0.114. The largest absolute Gasteiger partial charge is 0.456 e. The van der Waals surface area contributed by atoms with Crippen LogP contribution < -0.4 is 14.5 Å². The lowest BCUT2D eigenvalue weighted by Gasteiger charge is -2.60. The van der Waals surface area contributed by atoms with Crippen LogP contribution in [0.5, 0.6) is 11.5 Å². The third-order valence-electron chi connectivity index (χ3n) is 20.7. The number of rotatable bonds is 6. The summed E-state index contributed by atoms with van der Waals surface area (Å²) in [6, 6.07) is 100. The summed E-state index contributed by atoms with van der Waals surface area (Å²) in [7, 11) is 0. The first-order chi connectivity index (χ1) is 42.3. The first-order valence-electron chi connectivity index (χ1n) is 30.5. The third-order valence-corrected chi connectivity index (χ3v) is 22.2. The van der Waals surface area contributed by atoms with E-state index in [1.165, 1.54) is 110 Å². The van der Waals surface area contributed by atoms with Gasteiger partial charge in [-0.3, -0.25) is 0 Å². The average molecular weight is 1120 g/mol. The molecule has 410 valence electrons. The van der Waals surface area contributed by atoms with Crippen LogP contribution in [0.3, 0.4) is 0 Å². The number of fused-ring (bicyclic) bond motifs is 19. The van der Waals surface area contributed by atoms with Crippen molar-refractivity contribution in [1.82, 2.24) is 0 Å². The van der Waals surface area contributed by atoms with Crippen LogP contribution in [0.2, 0.25) is 0 Å². The molecule has 2 aliphatic heterocycles. The Labute approximate surface area is 507 Å². The van der Waals surface area contributed by atoms with E-state index < -0.39 is 21.8 Å². The van der Waals surface area contributed by atoms with Crippen LogP contribution in [0.1, 0.15) is 94.1 Å². The van der Waals surface area contributed by atoms with Gasteiger partial charge in [0.15, 0.2) is 0 Å². The summed E-state index contributed by atoms with van der Waals surface area (Å²) in [5.74, 6) is 2.12. The zero-order valence-electron chi connectivity index (χ0n) is 48.4. The Morgan fingerprint density at radius 3 is 1.60 bits per heavy atom.